The fourth-order valence-electron chi connectivity index (χ4n) is 1.81. The van der Waals surface area contributed by atoms with Crippen LogP contribution in [0, 0.1) is 0 Å². The number of rotatable bonds is 6. The van der Waals surface area contributed by atoms with Crippen molar-refractivity contribution in [2.75, 3.05) is 26.7 Å². The maximum atomic E-state index is 11.5. The highest BCUT2D eigenvalue weighted by atomic mass is 35.5. The molecule has 0 heterocycles. The van der Waals surface area contributed by atoms with Crippen molar-refractivity contribution in [3.05, 3.63) is 34.9 Å². The standard InChI is InChI=1S/C15H23ClN4O/c1-4-17-14(21)10-19-15(18-5-2)20(3)11-12-6-8-13(16)9-7-12/h6-9H,4-5,10-11H2,1-3H3,(H,17,21)(H,18,19). The second-order valence-corrected chi connectivity index (χ2v) is 5.04. The van der Waals surface area contributed by atoms with E-state index in [-0.39, 0.29) is 12.5 Å². The molecule has 0 bridgehead atoms. The second kappa shape index (κ2) is 9.23. The van der Waals surface area contributed by atoms with Crippen LogP contribution < -0.4 is 10.6 Å². The van der Waals surface area contributed by atoms with Gasteiger partial charge >= 0.3 is 0 Å². The van der Waals surface area contributed by atoms with E-state index in [9.17, 15) is 4.79 Å². The van der Waals surface area contributed by atoms with Crippen LogP contribution in [0.3, 0.4) is 0 Å². The Hall–Kier alpha value is -1.75. The topological polar surface area (TPSA) is 56.7 Å². The number of carbonyl (C=O) groups excluding carboxylic acids is 1. The third kappa shape index (κ3) is 6.49. The zero-order valence-corrected chi connectivity index (χ0v) is 13.6. The number of hydrogen-bond acceptors (Lipinski definition) is 2. The number of likely N-dealkylation sites (N-methyl/N-ethyl adjacent to an activating group) is 1. The van der Waals surface area contributed by atoms with Gasteiger partial charge < -0.3 is 15.5 Å². The molecule has 1 amide bonds. The summed E-state index contributed by atoms with van der Waals surface area (Å²) in [5.74, 6) is 0.631. The molecule has 0 atom stereocenters. The molecule has 0 aromatic heterocycles. The molecule has 1 rings (SSSR count). The molecule has 0 saturated heterocycles. The average molecular weight is 311 g/mol. The van der Waals surface area contributed by atoms with Crippen LogP contribution in [-0.4, -0.2) is 43.4 Å². The summed E-state index contributed by atoms with van der Waals surface area (Å²) in [6.07, 6.45) is 0. The summed E-state index contributed by atoms with van der Waals surface area (Å²) in [5, 5.41) is 6.63. The first kappa shape index (κ1) is 17.3. The van der Waals surface area contributed by atoms with Gasteiger partial charge in [-0.2, -0.15) is 0 Å². The summed E-state index contributed by atoms with van der Waals surface area (Å²) in [7, 11) is 1.94. The number of halogens is 1. The molecule has 1 aromatic rings. The highest BCUT2D eigenvalue weighted by Gasteiger charge is 2.07. The normalized spacial score (nSPS) is 11.1. The SMILES string of the molecule is CCNC(=O)CN=C(NCC)N(C)Cc1ccc(Cl)cc1. The molecule has 0 unspecified atom stereocenters. The van der Waals surface area contributed by atoms with Crippen LogP contribution in [0.15, 0.2) is 29.3 Å². The molecule has 116 valence electrons. The van der Waals surface area contributed by atoms with Gasteiger partial charge in [-0.3, -0.25) is 4.79 Å². The number of guanidine groups is 1. The van der Waals surface area contributed by atoms with E-state index in [1.165, 1.54) is 0 Å². The molecule has 1 aromatic carbocycles. The van der Waals surface area contributed by atoms with Crippen molar-refractivity contribution in [2.24, 2.45) is 4.99 Å². The summed E-state index contributed by atoms with van der Waals surface area (Å²) >= 11 is 5.88. The van der Waals surface area contributed by atoms with Crippen molar-refractivity contribution in [1.29, 1.82) is 0 Å². The molecule has 0 fully saturated rings. The first-order valence-electron chi connectivity index (χ1n) is 7.07. The van der Waals surface area contributed by atoms with E-state index in [1.54, 1.807) is 0 Å². The molecule has 6 heteroatoms. The Labute approximate surface area is 131 Å². The summed E-state index contributed by atoms with van der Waals surface area (Å²) in [4.78, 5) is 17.8. The van der Waals surface area contributed by atoms with Crippen LogP contribution in [0.2, 0.25) is 5.02 Å². The Bertz CT molecular complexity index is 473. The predicted molar refractivity (Wildman–Crippen MR) is 87.6 cm³/mol. The fraction of sp³-hybridized carbons (Fsp3) is 0.467. The molecule has 0 aliphatic carbocycles. The number of hydrogen-bond donors (Lipinski definition) is 2. The fourth-order valence-corrected chi connectivity index (χ4v) is 1.93. The summed E-state index contributed by atoms with van der Waals surface area (Å²) in [6.45, 7) is 6.07. The van der Waals surface area contributed by atoms with E-state index in [1.807, 2.05) is 50.1 Å². The van der Waals surface area contributed by atoms with Crippen LogP contribution in [0.5, 0.6) is 0 Å². The van der Waals surface area contributed by atoms with Crippen LogP contribution in [-0.2, 0) is 11.3 Å². The zero-order valence-electron chi connectivity index (χ0n) is 12.8. The average Bonchev–Trinajstić information content (AvgIpc) is 2.46. The molecule has 0 radical (unpaired) electrons. The van der Waals surface area contributed by atoms with Gasteiger partial charge in [0.15, 0.2) is 5.96 Å². The van der Waals surface area contributed by atoms with Crippen molar-refractivity contribution in [2.45, 2.75) is 20.4 Å². The lowest BCUT2D eigenvalue weighted by atomic mass is 10.2. The van der Waals surface area contributed by atoms with E-state index in [4.69, 9.17) is 11.6 Å². The Morgan fingerprint density at radius 1 is 1.19 bits per heavy atom. The van der Waals surface area contributed by atoms with Crippen molar-refractivity contribution in [3.63, 3.8) is 0 Å². The largest absolute Gasteiger partial charge is 0.357 e. The lowest BCUT2D eigenvalue weighted by Gasteiger charge is -2.22. The van der Waals surface area contributed by atoms with Crippen molar-refractivity contribution in [1.82, 2.24) is 15.5 Å². The first-order valence-corrected chi connectivity index (χ1v) is 7.45. The van der Waals surface area contributed by atoms with E-state index in [0.717, 1.165) is 17.1 Å². The monoisotopic (exact) mass is 310 g/mol. The third-order valence-corrected chi connectivity index (χ3v) is 3.03. The smallest absolute Gasteiger partial charge is 0.241 e. The van der Waals surface area contributed by atoms with Gasteiger partial charge in [0.2, 0.25) is 5.91 Å². The highest BCUT2D eigenvalue weighted by molar-refractivity contribution is 6.30. The summed E-state index contributed by atoms with van der Waals surface area (Å²) < 4.78 is 0. The molecule has 2 N–H and O–H groups in total. The van der Waals surface area contributed by atoms with Crippen molar-refractivity contribution < 1.29 is 4.79 Å². The molecule has 0 aliphatic rings. The Morgan fingerprint density at radius 2 is 1.81 bits per heavy atom. The molecular formula is C15H23ClN4O. The molecule has 0 saturated carbocycles. The van der Waals surface area contributed by atoms with Gasteiger partial charge in [-0.05, 0) is 31.5 Å². The quantitative estimate of drug-likeness (QED) is 0.623. The summed E-state index contributed by atoms with van der Waals surface area (Å²) in [5.41, 5.74) is 1.13. The predicted octanol–water partition coefficient (Wildman–Crippen LogP) is 1.87. The minimum atomic E-state index is -0.0761. The Balaban J connectivity index is 2.67. The number of benzene rings is 1. The van der Waals surface area contributed by atoms with Gasteiger partial charge in [0, 0.05) is 31.7 Å². The van der Waals surface area contributed by atoms with Crippen LogP contribution in [0.25, 0.3) is 0 Å². The third-order valence-electron chi connectivity index (χ3n) is 2.78. The van der Waals surface area contributed by atoms with Gasteiger partial charge in [0.05, 0.1) is 0 Å². The van der Waals surface area contributed by atoms with Gasteiger partial charge in [0.1, 0.15) is 6.54 Å². The Kier molecular flexibility index (Phi) is 7.61. The molecule has 21 heavy (non-hydrogen) atoms. The van der Waals surface area contributed by atoms with Gasteiger partial charge in [-0.25, -0.2) is 4.99 Å². The van der Waals surface area contributed by atoms with Crippen LogP contribution in [0.4, 0.5) is 0 Å². The lowest BCUT2D eigenvalue weighted by molar-refractivity contribution is -0.119. The maximum Gasteiger partial charge on any atom is 0.241 e. The molecule has 0 aliphatic heterocycles. The highest BCUT2D eigenvalue weighted by Crippen LogP contribution is 2.10. The van der Waals surface area contributed by atoms with Gasteiger partial charge in [-0.15, -0.1) is 0 Å². The van der Waals surface area contributed by atoms with E-state index in [2.05, 4.69) is 15.6 Å². The number of nitrogens with zero attached hydrogens (tertiary/aromatic N) is 2. The second-order valence-electron chi connectivity index (χ2n) is 4.61. The van der Waals surface area contributed by atoms with Gasteiger partial charge in [-0.1, -0.05) is 23.7 Å². The maximum absolute atomic E-state index is 11.5. The van der Waals surface area contributed by atoms with E-state index < -0.39 is 0 Å². The summed E-state index contributed by atoms with van der Waals surface area (Å²) in [6, 6.07) is 7.69. The van der Waals surface area contributed by atoms with Gasteiger partial charge in [0.25, 0.3) is 0 Å². The number of amides is 1. The molecule has 0 spiro atoms. The minimum Gasteiger partial charge on any atom is -0.357 e. The molecular weight excluding hydrogens is 288 g/mol. The first-order chi connectivity index (χ1) is 10.1. The van der Waals surface area contributed by atoms with E-state index in [0.29, 0.717) is 19.0 Å². The zero-order chi connectivity index (χ0) is 15.7. The lowest BCUT2D eigenvalue weighted by Crippen LogP contribution is -2.39. The van der Waals surface area contributed by atoms with Crippen LogP contribution >= 0.6 is 11.6 Å². The minimum absolute atomic E-state index is 0.0761. The number of carbonyl (C=O) groups is 1. The van der Waals surface area contributed by atoms with Crippen molar-refractivity contribution >= 4 is 23.5 Å². The number of aliphatic imine (C=N–C) groups is 1. The number of nitrogens with one attached hydrogen (secondary N) is 2. The molecule has 5 nitrogen and oxygen atoms in total. The Morgan fingerprint density at radius 3 is 2.38 bits per heavy atom. The van der Waals surface area contributed by atoms with Crippen molar-refractivity contribution in [3.8, 4) is 0 Å². The van der Waals surface area contributed by atoms with Crippen LogP contribution in [0.1, 0.15) is 19.4 Å². The van der Waals surface area contributed by atoms with E-state index >= 15 is 0 Å².